The lowest BCUT2D eigenvalue weighted by Crippen LogP contribution is -2.09. The zero-order chi connectivity index (χ0) is 16.2. The molecular formula is C14H12F2N6O. The molecule has 3 aromatic rings. The lowest BCUT2D eigenvalue weighted by Gasteiger charge is -2.13. The third kappa shape index (κ3) is 3.44. The molecule has 0 spiro atoms. The fourth-order valence-corrected chi connectivity index (χ4v) is 1.88. The highest BCUT2D eigenvalue weighted by molar-refractivity contribution is 5.50. The number of alkyl halides is 2. The number of rotatable bonds is 5. The molecule has 1 unspecified atom stereocenters. The van der Waals surface area contributed by atoms with Crippen molar-refractivity contribution in [3.63, 3.8) is 0 Å². The van der Waals surface area contributed by atoms with E-state index < -0.39 is 12.3 Å². The molecule has 0 fully saturated rings. The molecule has 9 heteroatoms. The number of nitrogens with zero attached hydrogens (tertiary/aromatic N) is 5. The van der Waals surface area contributed by atoms with Crippen LogP contribution in [0.25, 0.3) is 11.5 Å². The lowest BCUT2D eigenvalue weighted by molar-refractivity contribution is 0.116. The van der Waals surface area contributed by atoms with E-state index in [-0.39, 0.29) is 11.9 Å². The van der Waals surface area contributed by atoms with E-state index in [1.54, 1.807) is 12.4 Å². The Bertz CT molecular complexity index is 762. The number of hydrogen-bond donors (Lipinski definition) is 1. The first-order valence-corrected chi connectivity index (χ1v) is 6.74. The third-order valence-electron chi connectivity index (χ3n) is 3.08. The summed E-state index contributed by atoms with van der Waals surface area (Å²) >= 11 is 0. The first-order valence-electron chi connectivity index (χ1n) is 6.74. The summed E-state index contributed by atoms with van der Waals surface area (Å²) in [5.41, 5.74) is 1.40. The molecule has 0 aliphatic rings. The summed E-state index contributed by atoms with van der Waals surface area (Å²) in [5.74, 6) is -0.380. The van der Waals surface area contributed by atoms with Gasteiger partial charge in [-0.25, -0.2) is 9.97 Å². The van der Waals surface area contributed by atoms with Crippen molar-refractivity contribution in [3.05, 3.63) is 48.4 Å². The lowest BCUT2D eigenvalue weighted by atomic mass is 10.1. The standard InChI is InChI=1S/C14H12F2N6O/c1-8(9-2-4-17-5-3-9)20-14-18-6-10(7-19-14)12-21-22-13(23-12)11(15)16/h2-8,11H,1H3,(H,18,19,20). The van der Waals surface area contributed by atoms with E-state index in [1.807, 2.05) is 19.1 Å². The van der Waals surface area contributed by atoms with Crippen LogP contribution in [0.1, 0.15) is 30.8 Å². The van der Waals surface area contributed by atoms with Crippen LogP contribution in [-0.4, -0.2) is 25.1 Å². The smallest absolute Gasteiger partial charge is 0.314 e. The Morgan fingerprint density at radius 3 is 2.39 bits per heavy atom. The van der Waals surface area contributed by atoms with Crippen molar-refractivity contribution in [2.45, 2.75) is 19.4 Å². The van der Waals surface area contributed by atoms with Crippen molar-refractivity contribution in [2.75, 3.05) is 5.32 Å². The predicted molar refractivity (Wildman–Crippen MR) is 76.6 cm³/mol. The van der Waals surface area contributed by atoms with Crippen LogP contribution in [0.3, 0.4) is 0 Å². The second-order valence-corrected chi connectivity index (χ2v) is 4.69. The van der Waals surface area contributed by atoms with E-state index in [4.69, 9.17) is 4.42 Å². The van der Waals surface area contributed by atoms with Crippen LogP contribution in [0.5, 0.6) is 0 Å². The first-order chi connectivity index (χ1) is 11.1. The minimum Gasteiger partial charge on any atom is -0.415 e. The van der Waals surface area contributed by atoms with Crippen molar-refractivity contribution in [2.24, 2.45) is 0 Å². The molecule has 0 aromatic carbocycles. The van der Waals surface area contributed by atoms with Crippen molar-refractivity contribution >= 4 is 5.95 Å². The van der Waals surface area contributed by atoms with Crippen LogP contribution in [-0.2, 0) is 0 Å². The summed E-state index contributed by atoms with van der Waals surface area (Å²) in [6.07, 6.45) is 3.45. The Morgan fingerprint density at radius 2 is 1.78 bits per heavy atom. The quantitative estimate of drug-likeness (QED) is 0.773. The van der Waals surface area contributed by atoms with Crippen LogP contribution in [0.15, 0.2) is 41.3 Å². The molecule has 0 radical (unpaired) electrons. The summed E-state index contributed by atoms with van der Waals surface area (Å²) in [6.45, 7) is 1.96. The number of hydrogen-bond acceptors (Lipinski definition) is 7. The molecule has 0 saturated carbocycles. The van der Waals surface area contributed by atoms with Crippen LogP contribution < -0.4 is 5.32 Å². The minimum absolute atomic E-state index is 0.0160. The average molecular weight is 318 g/mol. The average Bonchev–Trinajstić information content (AvgIpc) is 3.07. The maximum absolute atomic E-state index is 12.4. The van der Waals surface area contributed by atoms with Gasteiger partial charge in [0.1, 0.15) is 0 Å². The fourth-order valence-electron chi connectivity index (χ4n) is 1.88. The highest BCUT2D eigenvalue weighted by Gasteiger charge is 2.17. The second-order valence-electron chi connectivity index (χ2n) is 4.69. The monoisotopic (exact) mass is 318 g/mol. The van der Waals surface area contributed by atoms with Crippen molar-refractivity contribution in [3.8, 4) is 11.5 Å². The van der Waals surface area contributed by atoms with Gasteiger partial charge in [0.2, 0.25) is 5.95 Å². The molecule has 3 heterocycles. The second kappa shape index (κ2) is 6.42. The van der Waals surface area contributed by atoms with Gasteiger partial charge in [-0.15, -0.1) is 10.2 Å². The van der Waals surface area contributed by atoms with Crippen molar-refractivity contribution in [1.29, 1.82) is 0 Å². The maximum Gasteiger partial charge on any atom is 0.314 e. The molecule has 23 heavy (non-hydrogen) atoms. The molecule has 0 bridgehead atoms. The molecule has 7 nitrogen and oxygen atoms in total. The van der Waals surface area contributed by atoms with Gasteiger partial charge in [0.25, 0.3) is 11.8 Å². The summed E-state index contributed by atoms with van der Waals surface area (Å²) in [7, 11) is 0. The first kappa shape index (κ1) is 14.9. The molecule has 3 aromatic heterocycles. The van der Waals surface area contributed by atoms with E-state index >= 15 is 0 Å². The van der Waals surface area contributed by atoms with Gasteiger partial charge in [-0.1, -0.05) is 0 Å². The zero-order valence-corrected chi connectivity index (χ0v) is 12.0. The molecule has 0 aliphatic carbocycles. The SMILES string of the molecule is CC(Nc1ncc(-c2nnc(C(F)F)o2)cn1)c1ccncc1. The van der Waals surface area contributed by atoms with E-state index in [2.05, 4.69) is 30.5 Å². The Balaban J connectivity index is 1.71. The summed E-state index contributed by atoms with van der Waals surface area (Å²) in [6, 6.07) is 3.75. The fraction of sp³-hybridized carbons (Fsp3) is 0.214. The van der Waals surface area contributed by atoms with E-state index in [1.165, 1.54) is 12.4 Å². The summed E-state index contributed by atoms with van der Waals surface area (Å²) < 4.78 is 29.7. The van der Waals surface area contributed by atoms with E-state index in [0.717, 1.165) is 5.56 Å². The van der Waals surface area contributed by atoms with Crippen LogP contribution in [0.2, 0.25) is 0 Å². The van der Waals surface area contributed by atoms with E-state index in [9.17, 15) is 8.78 Å². The largest absolute Gasteiger partial charge is 0.415 e. The van der Waals surface area contributed by atoms with Gasteiger partial charge in [0, 0.05) is 24.8 Å². The van der Waals surface area contributed by atoms with Gasteiger partial charge < -0.3 is 9.73 Å². The van der Waals surface area contributed by atoms with Gasteiger partial charge in [-0.05, 0) is 24.6 Å². The van der Waals surface area contributed by atoms with Gasteiger partial charge in [0.15, 0.2) is 0 Å². The normalized spacial score (nSPS) is 12.3. The highest BCUT2D eigenvalue weighted by atomic mass is 19.3. The number of halogens is 2. The van der Waals surface area contributed by atoms with Gasteiger partial charge in [-0.2, -0.15) is 8.78 Å². The Labute approximate surface area is 129 Å². The maximum atomic E-state index is 12.4. The van der Waals surface area contributed by atoms with E-state index in [0.29, 0.717) is 11.5 Å². The van der Waals surface area contributed by atoms with Crippen LogP contribution in [0, 0.1) is 0 Å². The number of nitrogens with one attached hydrogen (secondary N) is 1. The third-order valence-corrected chi connectivity index (χ3v) is 3.08. The molecule has 1 N–H and O–H groups in total. The minimum atomic E-state index is -2.81. The number of anilines is 1. The molecule has 1 atom stereocenters. The zero-order valence-electron chi connectivity index (χ0n) is 12.0. The number of pyridine rings is 1. The van der Waals surface area contributed by atoms with Gasteiger partial charge >= 0.3 is 6.43 Å². The summed E-state index contributed by atoms with van der Waals surface area (Å²) in [4.78, 5) is 12.2. The molecule has 0 amide bonds. The Hall–Kier alpha value is -2.97. The topological polar surface area (TPSA) is 89.6 Å². The summed E-state index contributed by atoms with van der Waals surface area (Å²) in [5, 5.41) is 9.92. The van der Waals surface area contributed by atoms with Crippen molar-refractivity contribution in [1.82, 2.24) is 25.1 Å². The van der Waals surface area contributed by atoms with Crippen LogP contribution >= 0.6 is 0 Å². The molecule has 118 valence electrons. The molecule has 3 rings (SSSR count). The molecule has 0 aliphatic heterocycles. The van der Waals surface area contributed by atoms with Gasteiger partial charge in [0.05, 0.1) is 11.6 Å². The number of aromatic nitrogens is 5. The molecule has 0 saturated heterocycles. The van der Waals surface area contributed by atoms with Crippen molar-refractivity contribution < 1.29 is 13.2 Å². The predicted octanol–water partition coefficient (Wildman–Crippen LogP) is 3.03. The van der Waals surface area contributed by atoms with Gasteiger partial charge in [-0.3, -0.25) is 4.98 Å². The van der Waals surface area contributed by atoms with Crippen LogP contribution in [0.4, 0.5) is 14.7 Å². The molecular weight excluding hydrogens is 306 g/mol. The highest BCUT2D eigenvalue weighted by Crippen LogP contribution is 2.23. The Kier molecular flexibility index (Phi) is 4.18. The Morgan fingerprint density at radius 1 is 1.09 bits per heavy atom.